The van der Waals surface area contributed by atoms with Crippen LogP contribution >= 0.6 is 24.0 Å². The number of hydrogen-bond acceptors (Lipinski definition) is 3. The average molecular weight is 461 g/mol. The van der Waals surface area contributed by atoms with Crippen molar-refractivity contribution < 1.29 is 9.15 Å². The fraction of sp³-hybridized carbons (Fsp3) is 0.737. The monoisotopic (exact) mass is 461 g/mol. The molecule has 1 N–H and O–H groups in total. The van der Waals surface area contributed by atoms with Gasteiger partial charge in [0.1, 0.15) is 5.76 Å². The average Bonchev–Trinajstić information content (AvgIpc) is 3.08. The number of guanidine groups is 1. The maximum absolute atomic E-state index is 5.80. The van der Waals surface area contributed by atoms with Gasteiger partial charge in [0.25, 0.3) is 0 Å². The molecule has 1 atom stereocenters. The minimum Gasteiger partial charge on any atom is -0.469 e. The molecule has 3 heterocycles. The number of rotatable bonds is 4. The SMILES string of the molecule is CC(C)NC(=NCCc1ccco1)N1CCCC2(CCCOC2)C1.I. The lowest BCUT2D eigenvalue weighted by molar-refractivity contribution is -0.0371. The summed E-state index contributed by atoms with van der Waals surface area (Å²) in [7, 11) is 0. The molecule has 0 bridgehead atoms. The van der Waals surface area contributed by atoms with E-state index >= 15 is 0 Å². The van der Waals surface area contributed by atoms with Gasteiger partial charge in [-0.25, -0.2) is 0 Å². The molecule has 0 saturated carbocycles. The van der Waals surface area contributed by atoms with Gasteiger partial charge < -0.3 is 19.4 Å². The first kappa shape index (κ1) is 20.6. The number of furan rings is 1. The highest BCUT2D eigenvalue weighted by Gasteiger charge is 2.38. The first-order valence-corrected chi connectivity index (χ1v) is 9.33. The van der Waals surface area contributed by atoms with Crippen molar-refractivity contribution in [2.45, 2.75) is 52.0 Å². The zero-order valence-electron chi connectivity index (χ0n) is 15.5. The number of aliphatic imine (C=N–C) groups is 1. The van der Waals surface area contributed by atoms with Gasteiger partial charge in [-0.1, -0.05) is 0 Å². The topological polar surface area (TPSA) is 50.0 Å². The van der Waals surface area contributed by atoms with Crippen molar-refractivity contribution in [2.75, 3.05) is 32.8 Å². The highest BCUT2D eigenvalue weighted by atomic mass is 127. The van der Waals surface area contributed by atoms with Crippen LogP contribution in [0.5, 0.6) is 0 Å². The number of nitrogens with one attached hydrogen (secondary N) is 1. The van der Waals surface area contributed by atoms with Crippen LogP contribution in [-0.4, -0.2) is 49.7 Å². The Labute approximate surface area is 168 Å². The minimum atomic E-state index is 0. The van der Waals surface area contributed by atoms with E-state index < -0.39 is 0 Å². The van der Waals surface area contributed by atoms with E-state index in [9.17, 15) is 0 Å². The van der Waals surface area contributed by atoms with E-state index in [4.69, 9.17) is 14.1 Å². The summed E-state index contributed by atoms with van der Waals surface area (Å²) >= 11 is 0. The molecule has 0 radical (unpaired) electrons. The molecule has 1 aromatic rings. The number of piperidine rings is 1. The highest BCUT2D eigenvalue weighted by molar-refractivity contribution is 14.0. The van der Waals surface area contributed by atoms with Crippen molar-refractivity contribution in [1.82, 2.24) is 10.2 Å². The summed E-state index contributed by atoms with van der Waals surface area (Å²) in [5.41, 5.74) is 0.330. The molecule has 1 spiro atoms. The zero-order valence-corrected chi connectivity index (χ0v) is 17.8. The van der Waals surface area contributed by atoms with Crippen LogP contribution in [0.1, 0.15) is 45.3 Å². The summed E-state index contributed by atoms with van der Waals surface area (Å²) in [6, 6.07) is 4.33. The maximum atomic E-state index is 5.80. The van der Waals surface area contributed by atoms with Gasteiger partial charge in [-0.2, -0.15) is 0 Å². The van der Waals surface area contributed by atoms with E-state index in [2.05, 4.69) is 24.1 Å². The normalized spacial score (nSPS) is 24.4. The number of ether oxygens (including phenoxy) is 1. The van der Waals surface area contributed by atoms with Crippen molar-refractivity contribution in [2.24, 2.45) is 10.4 Å². The van der Waals surface area contributed by atoms with Crippen molar-refractivity contribution in [3.63, 3.8) is 0 Å². The molecular formula is C19H32IN3O2. The number of nitrogens with zero attached hydrogens (tertiary/aromatic N) is 2. The summed E-state index contributed by atoms with van der Waals surface area (Å²) in [5, 5.41) is 3.56. The second-order valence-electron chi connectivity index (χ2n) is 7.51. The minimum absolute atomic E-state index is 0. The summed E-state index contributed by atoms with van der Waals surface area (Å²) in [5.74, 6) is 2.04. The third-order valence-electron chi connectivity index (χ3n) is 4.98. The van der Waals surface area contributed by atoms with Crippen LogP contribution < -0.4 is 5.32 Å². The van der Waals surface area contributed by atoms with Crippen LogP contribution in [0, 0.1) is 5.41 Å². The molecule has 0 aliphatic carbocycles. The fourth-order valence-corrected chi connectivity index (χ4v) is 3.84. The molecule has 3 rings (SSSR count). The van der Waals surface area contributed by atoms with Gasteiger partial charge in [-0.3, -0.25) is 4.99 Å². The molecule has 25 heavy (non-hydrogen) atoms. The Morgan fingerprint density at radius 1 is 1.36 bits per heavy atom. The molecule has 0 aromatic carbocycles. The van der Waals surface area contributed by atoms with E-state index in [1.165, 1.54) is 25.7 Å². The van der Waals surface area contributed by atoms with Crippen LogP contribution in [0.2, 0.25) is 0 Å². The lowest BCUT2D eigenvalue weighted by Crippen LogP contribution is -2.54. The van der Waals surface area contributed by atoms with E-state index in [0.717, 1.165) is 51.0 Å². The predicted octanol–water partition coefficient (Wildman–Crippen LogP) is 3.69. The molecule has 5 nitrogen and oxygen atoms in total. The first-order chi connectivity index (χ1) is 11.7. The molecule has 2 aliphatic rings. The Bertz CT molecular complexity index is 519. The summed E-state index contributed by atoms with van der Waals surface area (Å²) in [6.45, 7) is 9.08. The van der Waals surface area contributed by atoms with Crippen molar-refractivity contribution in [3.8, 4) is 0 Å². The molecule has 6 heteroatoms. The van der Waals surface area contributed by atoms with Gasteiger partial charge in [-0.05, 0) is 51.7 Å². The standard InChI is InChI=1S/C19H31N3O2.HI/c1-16(2)21-18(20-10-7-17-6-3-13-24-17)22-11-4-8-19(14-22)9-5-12-23-15-19;/h3,6,13,16H,4-5,7-12,14-15H2,1-2H3,(H,20,21);1H. The van der Waals surface area contributed by atoms with Crippen molar-refractivity contribution in [1.29, 1.82) is 0 Å². The Morgan fingerprint density at radius 3 is 2.88 bits per heavy atom. The smallest absolute Gasteiger partial charge is 0.194 e. The summed E-state index contributed by atoms with van der Waals surface area (Å²) in [6.07, 6.45) is 7.55. The van der Waals surface area contributed by atoms with Crippen LogP contribution in [-0.2, 0) is 11.2 Å². The largest absolute Gasteiger partial charge is 0.469 e. The van der Waals surface area contributed by atoms with Crippen LogP contribution in [0.15, 0.2) is 27.8 Å². The fourth-order valence-electron chi connectivity index (χ4n) is 3.84. The summed E-state index contributed by atoms with van der Waals surface area (Å²) < 4.78 is 11.2. The van der Waals surface area contributed by atoms with Gasteiger partial charge in [0.15, 0.2) is 5.96 Å². The molecule has 142 valence electrons. The van der Waals surface area contributed by atoms with Crippen LogP contribution in [0.25, 0.3) is 0 Å². The van der Waals surface area contributed by atoms with Gasteiger partial charge >= 0.3 is 0 Å². The third-order valence-corrected chi connectivity index (χ3v) is 4.98. The highest BCUT2D eigenvalue weighted by Crippen LogP contribution is 2.37. The predicted molar refractivity (Wildman–Crippen MR) is 112 cm³/mol. The molecule has 2 aliphatic heterocycles. The van der Waals surface area contributed by atoms with Gasteiger partial charge in [0.05, 0.1) is 12.9 Å². The number of halogens is 1. The Morgan fingerprint density at radius 2 is 2.20 bits per heavy atom. The maximum Gasteiger partial charge on any atom is 0.194 e. The van der Waals surface area contributed by atoms with Crippen LogP contribution in [0.3, 0.4) is 0 Å². The Hall–Kier alpha value is -0.760. The number of likely N-dealkylation sites (tertiary alicyclic amines) is 1. The van der Waals surface area contributed by atoms with E-state index in [1.54, 1.807) is 6.26 Å². The first-order valence-electron chi connectivity index (χ1n) is 9.33. The van der Waals surface area contributed by atoms with Gasteiger partial charge in [-0.15, -0.1) is 24.0 Å². The van der Waals surface area contributed by atoms with Crippen molar-refractivity contribution in [3.05, 3.63) is 24.2 Å². The zero-order chi connectivity index (χ0) is 16.8. The van der Waals surface area contributed by atoms with E-state index in [0.29, 0.717) is 11.5 Å². The van der Waals surface area contributed by atoms with Gasteiger partial charge in [0.2, 0.25) is 0 Å². The van der Waals surface area contributed by atoms with E-state index in [1.807, 2.05) is 12.1 Å². The molecule has 0 amide bonds. The van der Waals surface area contributed by atoms with Gasteiger partial charge in [0, 0.05) is 44.1 Å². The molecule has 1 unspecified atom stereocenters. The lowest BCUT2D eigenvalue weighted by Gasteiger charge is -2.46. The molecule has 2 saturated heterocycles. The molecule has 2 fully saturated rings. The lowest BCUT2D eigenvalue weighted by atomic mass is 9.76. The second kappa shape index (κ2) is 9.80. The van der Waals surface area contributed by atoms with E-state index in [-0.39, 0.29) is 24.0 Å². The second-order valence-corrected chi connectivity index (χ2v) is 7.51. The van der Waals surface area contributed by atoms with Crippen molar-refractivity contribution >= 4 is 29.9 Å². The third kappa shape index (κ3) is 5.88. The van der Waals surface area contributed by atoms with Crippen LogP contribution in [0.4, 0.5) is 0 Å². The Balaban J connectivity index is 0.00000225. The molecule has 1 aromatic heterocycles. The molecular weight excluding hydrogens is 429 g/mol. The quantitative estimate of drug-likeness (QED) is 0.422. The summed E-state index contributed by atoms with van der Waals surface area (Å²) in [4.78, 5) is 7.32. The Kier molecular flexibility index (Phi) is 8.06. The number of hydrogen-bond donors (Lipinski definition) is 1.